The average molecular weight is 639 g/mol. The molecule has 10 nitrogen and oxygen atoms in total. The maximum atomic E-state index is 14.7. The Morgan fingerprint density at radius 3 is 2.25 bits per heavy atom. The van der Waals surface area contributed by atoms with Gasteiger partial charge in [-0.1, -0.05) is 11.6 Å². The second-order valence-corrected chi connectivity index (χ2v) is 12.4. The van der Waals surface area contributed by atoms with Gasteiger partial charge < -0.3 is 29.9 Å². The molecule has 2 aliphatic rings. The van der Waals surface area contributed by atoms with Gasteiger partial charge in [0.2, 0.25) is 11.9 Å². The Morgan fingerprint density at radius 2 is 1.64 bits per heavy atom. The summed E-state index contributed by atoms with van der Waals surface area (Å²) in [5, 5.41) is 28.6. The molecular weight excluding hydrogens is 598 g/mol. The van der Waals surface area contributed by atoms with Gasteiger partial charge in [-0.25, -0.2) is 18.7 Å². The van der Waals surface area contributed by atoms with Crippen LogP contribution in [0.15, 0.2) is 24.5 Å². The van der Waals surface area contributed by atoms with Gasteiger partial charge in [-0.3, -0.25) is 9.59 Å². The van der Waals surface area contributed by atoms with Crippen molar-refractivity contribution in [2.45, 2.75) is 63.4 Å². The SMILES string of the molecule is O=C(CCC1CN(C(=O)Cc2c(F)cc(OCCCC3CCN(c4ncc(Cl)cn4)CC3)cc2F)C1)CCC(O)(CO)CO. The number of anilines is 1. The average Bonchev–Trinajstić information content (AvgIpc) is 3.00. The molecule has 0 spiro atoms. The Balaban J connectivity index is 1.12. The van der Waals surface area contributed by atoms with Gasteiger partial charge in [0.05, 0.1) is 43.7 Å². The Hall–Kier alpha value is -2.93. The lowest BCUT2D eigenvalue weighted by Crippen LogP contribution is -2.50. The lowest BCUT2D eigenvalue weighted by molar-refractivity contribution is -0.137. The number of hydrogen-bond donors (Lipinski definition) is 3. The molecule has 1 amide bonds. The number of carbonyl (C=O) groups is 2. The number of ketones is 1. The molecule has 3 heterocycles. The highest BCUT2D eigenvalue weighted by molar-refractivity contribution is 6.30. The highest BCUT2D eigenvalue weighted by Gasteiger charge is 2.32. The lowest BCUT2D eigenvalue weighted by atomic mass is 9.91. The molecule has 1 aromatic carbocycles. The number of nitrogens with zero attached hydrogens (tertiary/aromatic N) is 4. The van der Waals surface area contributed by atoms with E-state index in [1.165, 1.54) is 4.90 Å². The molecule has 13 heteroatoms. The molecule has 0 bridgehead atoms. The van der Waals surface area contributed by atoms with Gasteiger partial charge in [0.25, 0.3) is 0 Å². The van der Waals surface area contributed by atoms with Gasteiger partial charge in [-0.2, -0.15) is 0 Å². The van der Waals surface area contributed by atoms with Gasteiger partial charge in [0.1, 0.15) is 28.8 Å². The quantitative estimate of drug-likeness (QED) is 0.237. The molecule has 0 aliphatic carbocycles. The van der Waals surface area contributed by atoms with E-state index in [9.17, 15) is 23.5 Å². The number of hydrogen-bond acceptors (Lipinski definition) is 9. The van der Waals surface area contributed by atoms with Crippen molar-refractivity contribution in [2.75, 3.05) is 50.9 Å². The Morgan fingerprint density at radius 1 is 1.00 bits per heavy atom. The van der Waals surface area contributed by atoms with E-state index in [1.807, 2.05) is 0 Å². The summed E-state index contributed by atoms with van der Waals surface area (Å²) >= 11 is 5.86. The van der Waals surface area contributed by atoms with Crippen molar-refractivity contribution >= 4 is 29.2 Å². The molecule has 3 N–H and O–H groups in total. The normalized spacial score (nSPS) is 16.2. The summed E-state index contributed by atoms with van der Waals surface area (Å²) in [5.41, 5.74) is -1.96. The molecule has 0 atom stereocenters. The number of aliphatic hydroxyl groups is 3. The maximum Gasteiger partial charge on any atom is 0.227 e. The fourth-order valence-corrected chi connectivity index (χ4v) is 5.67. The summed E-state index contributed by atoms with van der Waals surface area (Å²) in [5.74, 6) is -0.733. The number of rotatable bonds is 16. The molecule has 0 radical (unpaired) electrons. The van der Waals surface area contributed by atoms with E-state index in [4.69, 9.17) is 26.6 Å². The van der Waals surface area contributed by atoms with E-state index in [2.05, 4.69) is 14.9 Å². The molecule has 0 saturated carbocycles. The van der Waals surface area contributed by atoms with Crippen LogP contribution >= 0.6 is 11.6 Å². The number of amides is 1. The molecular formula is C31H41ClF2N4O6. The number of likely N-dealkylation sites (tertiary alicyclic amines) is 1. The molecule has 2 fully saturated rings. The predicted molar refractivity (Wildman–Crippen MR) is 159 cm³/mol. The number of carbonyl (C=O) groups excluding carboxylic acids is 2. The van der Waals surface area contributed by atoms with E-state index in [-0.39, 0.29) is 48.2 Å². The van der Waals surface area contributed by atoms with Crippen LogP contribution in [0.3, 0.4) is 0 Å². The largest absolute Gasteiger partial charge is 0.493 e. The first-order valence-corrected chi connectivity index (χ1v) is 15.5. The van der Waals surface area contributed by atoms with Crippen molar-refractivity contribution in [3.05, 3.63) is 46.7 Å². The standard InChI is InChI=1S/C31H41ClF2N4O6/c32-23-15-35-30(36-16-23)37-9-6-21(7-10-37)2-1-11-44-25-12-27(33)26(28(34)13-25)14-29(42)38-17-22(18-38)3-4-24(41)5-8-31(43,19-39)20-40/h12-13,15-16,21-22,39-40,43H,1-11,14,17-20H2. The molecule has 4 rings (SSSR count). The van der Waals surface area contributed by atoms with Gasteiger partial charge in [0, 0.05) is 56.7 Å². The lowest BCUT2D eigenvalue weighted by Gasteiger charge is -2.39. The van der Waals surface area contributed by atoms with Crippen LogP contribution in [-0.2, 0) is 16.0 Å². The molecule has 1 aromatic heterocycles. The van der Waals surface area contributed by atoms with E-state index in [1.54, 1.807) is 12.4 Å². The van der Waals surface area contributed by atoms with Gasteiger partial charge in [0.15, 0.2) is 0 Å². The number of aliphatic hydroxyl groups excluding tert-OH is 2. The number of benzene rings is 1. The number of ether oxygens (including phenoxy) is 1. The van der Waals surface area contributed by atoms with E-state index < -0.39 is 36.9 Å². The van der Waals surface area contributed by atoms with Gasteiger partial charge in [-0.05, 0) is 50.4 Å². The van der Waals surface area contributed by atoms with Crippen LogP contribution in [0.2, 0.25) is 5.02 Å². The Bertz CT molecular complexity index is 1230. The van der Waals surface area contributed by atoms with Crippen LogP contribution in [0.4, 0.5) is 14.7 Å². The highest BCUT2D eigenvalue weighted by atomic mass is 35.5. The van der Waals surface area contributed by atoms with Gasteiger partial charge in [-0.15, -0.1) is 0 Å². The fraction of sp³-hybridized carbons (Fsp3) is 0.613. The monoisotopic (exact) mass is 638 g/mol. The van der Waals surface area contributed by atoms with Crippen LogP contribution in [0.1, 0.15) is 56.9 Å². The van der Waals surface area contributed by atoms with Crippen molar-refractivity contribution < 1.29 is 38.4 Å². The minimum absolute atomic E-state index is 0.0303. The first-order chi connectivity index (χ1) is 21.1. The Labute approximate surface area is 261 Å². The number of piperidine rings is 1. The smallest absolute Gasteiger partial charge is 0.227 e. The summed E-state index contributed by atoms with van der Waals surface area (Å²) in [6.45, 7) is 1.59. The molecule has 44 heavy (non-hydrogen) atoms. The zero-order chi connectivity index (χ0) is 31.7. The van der Waals surface area contributed by atoms with Crippen LogP contribution < -0.4 is 9.64 Å². The third-order valence-corrected chi connectivity index (χ3v) is 8.77. The predicted octanol–water partition coefficient (Wildman–Crippen LogP) is 3.33. The molecule has 2 aliphatic heterocycles. The number of aromatic nitrogens is 2. The minimum atomic E-state index is -1.67. The summed E-state index contributed by atoms with van der Waals surface area (Å²) in [6.07, 6.45) is 7.27. The summed E-state index contributed by atoms with van der Waals surface area (Å²) < 4.78 is 35.1. The molecule has 2 saturated heterocycles. The van der Waals surface area contributed by atoms with Crippen molar-refractivity contribution in [3.63, 3.8) is 0 Å². The topological polar surface area (TPSA) is 136 Å². The van der Waals surface area contributed by atoms with E-state index >= 15 is 0 Å². The first kappa shape index (κ1) is 34.0. The van der Waals surface area contributed by atoms with E-state index in [0.29, 0.717) is 43.0 Å². The number of Topliss-reactive ketones (excluding diaryl/α,β-unsaturated/α-hetero) is 1. The van der Waals surface area contributed by atoms with Crippen molar-refractivity contribution in [2.24, 2.45) is 11.8 Å². The fourth-order valence-electron chi connectivity index (χ4n) is 5.57. The van der Waals surface area contributed by atoms with Crippen LogP contribution in [0.5, 0.6) is 5.75 Å². The second-order valence-electron chi connectivity index (χ2n) is 11.9. The summed E-state index contributed by atoms with van der Waals surface area (Å²) in [7, 11) is 0. The first-order valence-electron chi connectivity index (χ1n) is 15.2. The Kier molecular flexibility index (Phi) is 12.3. The molecule has 2 aromatic rings. The molecule has 242 valence electrons. The zero-order valence-electron chi connectivity index (χ0n) is 24.8. The van der Waals surface area contributed by atoms with Crippen molar-refractivity contribution in [1.29, 1.82) is 0 Å². The maximum absolute atomic E-state index is 14.7. The molecule has 0 unspecified atom stereocenters. The van der Waals surface area contributed by atoms with Crippen molar-refractivity contribution in [1.82, 2.24) is 14.9 Å². The van der Waals surface area contributed by atoms with Crippen LogP contribution in [-0.4, -0.2) is 93.5 Å². The summed E-state index contributed by atoms with van der Waals surface area (Å²) in [6, 6.07) is 2.24. The zero-order valence-corrected chi connectivity index (χ0v) is 25.5. The number of halogens is 3. The highest BCUT2D eigenvalue weighted by Crippen LogP contribution is 2.27. The van der Waals surface area contributed by atoms with Crippen LogP contribution in [0, 0.1) is 23.5 Å². The summed E-state index contributed by atoms with van der Waals surface area (Å²) in [4.78, 5) is 36.9. The minimum Gasteiger partial charge on any atom is -0.493 e. The van der Waals surface area contributed by atoms with E-state index in [0.717, 1.165) is 50.9 Å². The third kappa shape index (κ3) is 9.53. The second kappa shape index (κ2) is 15.9. The third-order valence-electron chi connectivity index (χ3n) is 8.57. The van der Waals surface area contributed by atoms with Crippen LogP contribution in [0.25, 0.3) is 0 Å². The van der Waals surface area contributed by atoms with Crippen molar-refractivity contribution in [3.8, 4) is 5.75 Å². The van der Waals surface area contributed by atoms with Gasteiger partial charge >= 0.3 is 0 Å².